The van der Waals surface area contributed by atoms with Crippen LogP contribution >= 0.6 is 0 Å². The van der Waals surface area contributed by atoms with Gasteiger partial charge in [-0.25, -0.2) is 0 Å². The largest absolute Gasteiger partial charge is 0.507 e. The average Bonchev–Trinajstić information content (AvgIpc) is 2.46. The molecule has 1 amide bonds. The van der Waals surface area contributed by atoms with Crippen molar-refractivity contribution in [1.29, 1.82) is 0 Å². The molecule has 0 spiro atoms. The summed E-state index contributed by atoms with van der Waals surface area (Å²) in [5.74, 6) is -0.342. The predicted octanol–water partition coefficient (Wildman–Crippen LogP) is 2.43. The van der Waals surface area contributed by atoms with Crippen molar-refractivity contribution in [3.63, 3.8) is 0 Å². The molecule has 0 bridgehead atoms. The van der Waals surface area contributed by atoms with Crippen LogP contribution in [0.3, 0.4) is 0 Å². The Bertz CT molecular complexity index is 684. The van der Waals surface area contributed by atoms with Gasteiger partial charge in [0.1, 0.15) is 5.75 Å². The predicted molar refractivity (Wildman–Crippen MR) is 86.1 cm³/mol. The van der Waals surface area contributed by atoms with Crippen LogP contribution in [0, 0.1) is 0 Å². The van der Waals surface area contributed by atoms with Gasteiger partial charge >= 0.3 is 0 Å². The van der Waals surface area contributed by atoms with Crippen molar-refractivity contribution >= 4 is 27.5 Å². The molecule has 2 aromatic rings. The number of phenols is 1. The summed E-state index contributed by atoms with van der Waals surface area (Å²) in [6.07, 6.45) is 2.30. The average molecular weight is 305 g/mol. The quantitative estimate of drug-likeness (QED) is 0.891. The van der Waals surface area contributed by atoms with Crippen LogP contribution in [0.5, 0.6) is 5.75 Å². The first-order valence-corrected chi connectivity index (χ1v) is 8.43. The molecule has 2 rings (SSSR count). The van der Waals surface area contributed by atoms with E-state index < -0.39 is 10.8 Å². The monoisotopic (exact) mass is 305 g/mol. The molecule has 4 nitrogen and oxygen atoms in total. The lowest BCUT2D eigenvalue weighted by Crippen LogP contribution is -2.27. The Morgan fingerprint density at radius 1 is 1.29 bits per heavy atom. The molecule has 0 unspecified atom stereocenters. The van der Waals surface area contributed by atoms with E-state index in [2.05, 4.69) is 5.32 Å². The summed E-state index contributed by atoms with van der Waals surface area (Å²) < 4.78 is 11.2. The van der Waals surface area contributed by atoms with Crippen molar-refractivity contribution in [2.45, 2.75) is 18.6 Å². The van der Waals surface area contributed by atoms with Crippen molar-refractivity contribution in [3.8, 4) is 5.75 Å². The van der Waals surface area contributed by atoms with Gasteiger partial charge in [-0.1, -0.05) is 31.2 Å². The van der Waals surface area contributed by atoms with E-state index in [0.29, 0.717) is 13.0 Å². The van der Waals surface area contributed by atoms with Crippen molar-refractivity contribution in [3.05, 3.63) is 42.0 Å². The number of nitrogens with one attached hydrogen (secondary N) is 1. The summed E-state index contributed by atoms with van der Waals surface area (Å²) in [5, 5.41) is 14.6. The fraction of sp³-hybridized carbons (Fsp3) is 0.312. The first-order valence-electron chi connectivity index (χ1n) is 6.81. The molecule has 2 atom stereocenters. The van der Waals surface area contributed by atoms with Crippen LogP contribution < -0.4 is 5.32 Å². The Hall–Kier alpha value is -1.88. The second kappa shape index (κ2) is 6.72. The normalized spacial score (nSPS) is 13.8. The topological polar surface area (TPSA) is 66.4 Å². The molecule has 0 aliphatic rings. The maximum Gasteiger partial charge on any atom is 0.255 e. The zero-order valence-electron chi connectivity index (χ0n) is 12.1. The highest BCUT2D eigenvalue weighted by molar-refractivity contribution is 7.84. The van der Waals surface area contributed by atoms with E-state index in [-0.39, 0.29) is 22.5 Å². The Kier molecular flexibility index (Phi) is 4.96. The third kappa shape index (κ3) is 3.82. The summed E-state index contributed by atoms with van der Waals surface area (Å²) in [7, 11) is -0.893. The summed E-state index contributed by atoms with van der Waals surface area (Å²) in [5.41, 5.74) is 0.263. The molecule has 2 N–H and O–H groups in total. The third-order valence-electron chi connectivity index (χ3n) is 3.51. The Labute approximate surface area is 126 Å². The Balaban J connectivity index is 2.09. The number of phenolic OH excluding ortho intramolecular Hbond substituents is 1. The third-order valence-corrected chi connectivity index (χ3v) is 4.88. The highest BCUT2D eigenvalue weighted by atomic mass is 32.2. The van der Waals surface area contributed by atoms with Crippen LogP contribution in [0.25, 0.3) is 10.8 Å². The fourth-order valence-corrected chi connectivity index (χ4v) is 2.51. The molecule has 21 heavy (non-hydrogen) atoms. The van der Waals surface area contributed by atoms with E-state index in [1.807, 2.05) is 31.2 Å². The molecule has 5 heteroatoms. The lowest BCUT2D eigenvalue weighted by Gasteiger charge is -2.11. The maximum absolute atomic E-state index is 12.1. The van der Waals surface area contributed by atoms with E-state index in [0.717, 1.165) is 10.8 Å². The summed E-state index contributed by atoms with van der Waals surface area (Å²) in [6.45, 7) is 2.32. The number of carbonyl (C=O) groups excluding carboxylic acids is 1. The number of amides is 1. The van der Waals surface area contributed by atoms with E-state index in [4.69, 9.17) is 0 Å². The van der Waals surface area contributed by atoms with E-state index in [9.17, 15) is 14.1 Å². The first-order chi connectivity index (χ1) is 9.99. The highest BCUT2D eigenvalue weighted by Gasteiger charge is 2.13. The van der Waals surface area contributed by atoms with Crippen molar-refractivity contribution < 1.29 is 14.1 Å². The van der Waals surface area contributed by atoms with Crippen LogP contribution in [0.2, 0.25) is 0 Å². The molecule has 0 aromatic heterocycles. The van der Waals surface area contributed by atoms with E-state index >= 15 is 0 Å². The van der Waals surface area contributed by atoms with Gasteiger partial charge < -0.3 is 10.4 Å². The van der Waals surface area contributed by atoms with Crippen LogP contribution in [0.1, 0.15) is 23.7 Å². The number of rotatable bonds is 5. The molecular weight excluding hydrogens is 286 g/mol. The minimum absolute atomic E-state index is 0.0293. The smallest absolute Gasteiger partial charge is 0.255 e. The lowest BCUT2D eigenvalue weighted by atomic mass is 10.1. The number of benzene rings is 2. The SMILES string of the molecule is C[C@H](CCNC(=O)c1cc2ccccc2cc1O)[S@](C)=O. The standard InChI is InChI=1S/C16H19NO3S/c1-11(21(2)20)7-8-17-16(19)14-9-12-5-3-4-6-13(12)10-15(14)18/h3-6,9-11,18H,7-8H2,1-2H3,(H,17,19)/t11-,21+/m1/s1. The van der Waals surface area contributed by atoms with Gasteiger partial charge in [-0.2, -0.15) is 0 Å². The van der Waals surface area contributed by atoms with Crippen molar-refractivity contribution in [2.75, 3.05) is 12.8 Å². The number of hydrogen-bond acceptors (Lipinski definition) is 3. The van der Waals surface area contributed by atoms with Crippen LogP contribution in [0.15, 0.2) is 36.4 Å². The zero-order valence-corrected chi connectivity index (χ0v) is 12.9. The van der Waals surface area contributed by atoms with Crippen LogP contribution in [0.4, 0.5) is 0 Å². The van der Waals surface area contributed by atoms with Gasteiger partial charge in [0.05, 0.1) is 5.56 Å². The van der Waals surface area contributed by atoms with Crippen molar-refractivity contribution in [1.82, 2.24) is 5.32 Å². The van der Waals surface area contributed by atoms with E-state index in [1.165, 1.54) is 0 Å². The maximum atomic E-state index is 12.1. The van der Waals surface area contributed by atoms with Gasteiger partial charge in [0.15, 0.2) is 0 Å². The van der Waals surface area contributed by atoms with Crippen molar-refractivity contribution in [2.24, 2.45) is 0 Å². The van der Waals surface area contributed by atoms with Gasteiger partial charge in [-0.3, -0.25) is 9.00 Å². The molecule has 2 aromatic carbocycles. The van der Waals surface area contributed by atoms with Gasteiger partial charge in [0, 0.05) is 28.9 Å². The number of hydrogen-bond donors (Lipinski definition) is 2. The molecule has 0 saturated heterocycles. The summed E-state index contributed by atoms with van der Waals surface area (Å²) in [4.78, 5) is 12.1. The Morgan fingerprint density at radius 2 is 1.90 bits per heavy atom. The molecule has 112 valence electrons. The highest BCUT2D eigenvalue weighted by Crippen LogP contribution is 2.24. The number of fused-ring (bicyclic) bond motifs is 1. The molecule has 0 radical (unpaired) electrons. The summed E-state index contributed by atoms with van der Waals surface area (Å²) >= 11 is 0. The molecule has 0 aliphatic heterocycles. The Morgan fingerprint density at radius 3 is 2.52 bits per heavy atom. The second-order valence-corrected chi connectivity index (χ2v) is 6.87. The van der Waals surface area contributed by atoms with E-state index in [1.54, 1.807) is 18.4 Å². The molecule has 0 fully saturated rings. The fourth-order valence-electron chi connectivity index (χ4n) is 2.06. The molecule has 0 aliphatic carbocycles. The first kappa shape index (κ1) is 15.5. The molecule has 0 saturated carbocycles. The van der Waals surface area contributed by atoms with Crippen LogP contribution in [-0.2, 0) is 10.8 Å². The van der Waals surface area contributed by atoms with Gasteiger partial charge in [-0.05, 0) is 29.3 Å². The minimum atomic E-state index is -0.893. The van der Waals surface area contributed by atoms with Gasteiger partial charge in [0.25, 0.3) is 5.91 Å². The second-order valence-electron chi connectivity index (χ2n) is 5.07. The molecule has 0 heterocycles. The summed E-state index contributed by atoms with van der Waals surface area (Å²) in [6, 6.07) is 10.8. The minimum Gasteiger partial charge on any atom is -0.507 e. The number of carbonyl (C=O) groups is 1. The zero-order chi connectivity index (χ0) is 15.4. The van der Waals surface area contributed by atoms with Gasteiger partial charge in [0.2, 0.25) is 0 Å². The number of aromatic hydroxyl groups is 1. The lowest BCUT2D eigenvalue weighted by molar-refractivity contribution is 0.0951. The van der Waals surface area contributed by atoms with Crippen LogP contribution in [-0.4, -0.2) is 33.3 Å². The molecular formula is C16H19NO3S. The van der Waals surface area contributed by atoms with Gasteiger partial charge in [-0.15, -0.1) is 0 Å².